The maximum atomic E-state index is 11.0. The quantitative estimate of drug-likeness (QED) is 0.916. The molecule has 0 saturated carbocycles. The minimum absolute atomic E-state index is 0.0522. The van der Waals surface area contributed by atoms with Gasteiger partial charge >= 0.3 is 0 Å². The lowest BCUT2D eigenvalue weighted by Crippen LogP contribution is -2.22. The van der Waals surface area contributed by atoms with Crippen LogP contribution in [-0.4, -0.2) is 22.8 Å². The zero-order chi connectivity index (χ0) is 15.2. The van der Waals surface area contributed by atoms with Crippen molar-refractivity contribution in [2.45, 2.75) is 26.4 Å². The van der Waals surface area contributed by atoms with Crippen LogP contribution < -0.4 is 5.32 Å². The molecule has 0 fully saturated rings. The van der Waals surface area contributed by atoms with Gasteiger partial charge in [0.1, 0.15) is 0 Å². The van der Waals surface area contributed by atoms with Gasteiger partial charge in [-0.2, -0.15) is 0 Å². The molecule has 2 aromatic rings. The maximum absolute atomic E-state index is 11.0. The first-order valence-corrected chi connectivity index (χ1v) is 7.04. The zero-order valence-electron chi connectivity index (χ0n) is 12.7. The highest BCUT2D eigenvalue weighted by Gasteiger charge is 2.12. The molecule has 1 aromatic heterocycles. The van der Waals surface area contributed by atoms with Gasteiger partial charge in [0.25, 0.3) is 0 Å². The van der Waals surface area contributed by atoms with Crippen molar-refractivity contribution in [3.05, 3.63) is 59.9 Å². The number of rotatable bonds is 5. The van der Waals surface area contributed by atoms with Crippen LogP contribution in [0.2, 0.25) is 0 Å². The number of benzene rings is 1. The van der Waals surface area contributed by atoms with Crippen molar-refractivity contribution in [3.8, 4) is 0 Å². The van der Waals surface area contributed by atoms with Gasteiger partial charge in [-0.25, -0.2) is 0 Å². The average molecular weight is 283 g/mol. The fraction of sp³-hybridized carbons (Fsp3) is 0.294. The van der Waals surface area contributed by atoms with Crippen LogP contribution in [0.1, 0.15) is 31.1 Å². The molecule has 110 valence electrons. The van der Waals surface area contributed by atoms with Gasteiger partial charge in [-0.05, 0) is 43.8 Å². The van der Waals surface area contributed by atoms with E-state index < -0.39 is 0 Å². The van der Waals surface area contributed by atoms with E-state index in [0.717, 1.165) is 17.9 Å². The molecule has 1 heterocycles. The number of hydrogen-bond donors (Lipinski definition) is 1. The Kier molecular flexibility index (Phi) is 5.06. The number of carbonyl (C=O) groups is 1. The number of nitrogens with zero attached hydrogens (tertiary/aromatic N) is 2. The molecule has 0 aliphatic heterocycles. The third kappa shape index (κ3) is 4.39. The first-order valence-electron chi connectivity index (χ1n) is 7.04. The number of aromatic nitrogens is 1. The Morgan fingerprint density at radius 2 is 1.95 bits per heavy atom. The third-order valence-electron chi connectivity index (χ3n) is 3.48. The van der Waals surface area contributed by atoms with Gasteiger partial charge < -0.3 is 5.32 Å². The van der Waals surface area contributed by atoms with Gasteiger partial charge in [-0.15, -0.1) is 0 Å². The molecule has 0 bridgehead atoms. The Balaban J connectivity index is 1.99. The second-order valence-corrected chi connectivity index (χ2v) is 5.22. The van der Waals surface area contributed by atoms with Crippen molar-refractivity contribution in [1.82, 2.24) is 9.88 Å². The summed E-state index contributed by atoms with van der Waals surface area (Å²) in [5.74, 6) is -0.0522. The summed E-state index contributed by atoms with van der Waals surface area (Å²) in [7, 11) is 2.08. The van der Waals surface area contributed by atoms with Gasteiger partial charge in [-0.1, -0.05) is 18.2 Å². The van der Waals surface area contributed by atoms with E-state index in [0.29, 0.717) is 0 Å². The van der Waals surface area contributed by atoms with E-state index in [4.69, 9.17) is 0 Å². The highest BCUT2D eigenvalue weighted by atomic mass is 16.1. The van der Waals surface area contributed by atoms with Crippen molar-refractivity contribution >= 4 is 11.6 Å². The Labute approximate surface area is 125 Å². The molecule has 0 unspecified atom stereocenters. The fourth-order valence-electron chi connectivity index (χ4n) is 2.17. The van der Waals surface area contributed by atoms with Gasteiger partial charge in [0.15, 0.2) is 0 Å². The molecule has 0 saturated heterocycles. The van der Waals surface area contributed by atoms with Crippen molar-refractivity contribution in [3.63, 3.8) is 0 Å². The number of carbonyl (C=O) groups excluding carboxylic acids is 1. The summed E-state index contributed by atoms with van der Waals surface area (Å²) < 4.78 is 0. The Bertz CT molecular complexity index is 581. The SMILES string of the molecule is CC(=O)Nc1ccc(CN(C)[C@@H](C)c2ccccn2)cc1. The molecular weight excluding hydrogens is 262 g/mol. The summed E-state index contributed by atoms with van der Waals surface area (Å²) >= 11 is 0. The van der Waals surface area contributed by atoms with Gasteiger partial charge in [-0.3, -0.25) is 14.7 Å². The fourth-order valence-corrected chi connectivity index (χ4v) is 2.17. The highest BCUT2D eigenvalue weighted by molar-refractivity contribution is 5.88. The van der Waals surface area contributed by atoms with Crippen LogP contribution in [0, 0.1) is 0 Å². The predicted molar refractivity (Wildman–Crippen MR) is 84.9 cm³/mol. The molecule has 0 radical (unpaired) electrons. The van der Waals surface area contributed by atoms with E-state index in [9.17, 15) is 4.79 Å². The molecule has 1 atom stereocenters. The number of nitrogens with one attached hydrogen (secondary N) is 1. The lowest BCUT2D eigenvalue weighted by atomic mass is 10.1. The molecule has 2 rings (SSSR count). The second kappa shape index (κ2) is 6.99. The maximum Gasteiger partial charge on any atom is 0.221 e. The molecule has 21 heavy (non-hydrogen) atoms. The molecule has 1 N–H and O–H groups in total. The lowest BCUT2D eigenvalue weighted by Gasteiger charge is -2.24. The summed E-state index contributed by atoms with van der Waals surface area (Å²) in [6, 6.07) is 14.2. The average Bonchev–Trinajstić information content (AvgIpc) is 2.49. The minimum atomic E-state index is -0.0522. The second-order valence-electron chi connectivity index (χ2n) is 5.22. The molecule has 0 spiro atoms. The van der Waals surface area contributed by atoms with E-state index in [2.05, 4.69) is 29.2 Å². The number of hydrogen-bond acceptors (Lipinski definition) is 3. The first-order chi connectivity index (χ1) is 10.1. The summed E-state index contributed by atoms with van der Waals surface area (Å²) in [5, 5.41) is 2.77. The largest absolute Gasteiger partial charge is 0.326 e. The topological polar surface area (TPSA) is 45.2 Å². The molecule has 4 heteroatoms. The van der Waals surface area contributed by atoms with Crippen LogP contribution in [0.5, 0.6) is 0 Å². The van der Waals surface area contributed by atoms with Crippen LogP contribution in [0.15, 0.2) is 48.7 Å². The van der Waals surface area contributed by atoms with Gasteiger partial charge in [0.05, 0.1) is 5.69 Å². The Hall–Kier alpha value is -2.20. The van der Waals surface area contributed by atoms with Crippen LogP contribution in [0.25, 0.3) is 0 Å². The molecular formula is C17H21N3O. The lowest BCUT2D eigenvalue weighted by molar-refractivity contribution is -0.114. The van der Waals surface area contributed by atoms with E-state index in [1.807, 2.05) is 48.7 Å². The first kappa shape index (κ1) is 15.2. The van der Waals surface area contributed by atoms with Crippen molar-refractivity contribution in [1.29, 1.82) is 0 Å². The van der Waals surface area contributed by atoms with Crippen LogP contribution in [0.3, 0.4) is 0 Å². The molecule has 0 aliphatic rings. The number of amides is 1. The Morgan fingerprint density at radius 3 is 2.52 bits per heavy atom. The van der Waals surface area contributed by atoms with E-state index >= 15 is 0 Å². The van der Waals surface area contributed by atoms with Crippen LogP contribution >= 0.6 is 0 Å². The number of pyridine rings is 1. The van der Waals surface area contributed by atoms with Crippen LogP contribution in [0.4, 0.5) is 5.69 Å². The normalized spacial score (nSPS) is 12.2. The summed E-state index contributed by atoms with van der Waals surface area (Å²) in [6.45, 7) is 4.49. The number of anilines is 1. The third-order valence-corrected chi connectivity index (χ3v) is 3.48. The molecule has 1 amide bonds. The highest BCUT2D eigenvalue weighted by Crippen LogP contribution is 2.19. The smallest absolute Gasteiger partial charge is 0.221 e. The monoisotopic (exact) mass is 283 g/mol. The standard InChI is InChI=1S/C17H21N3O/c1-13(17-6-4-5-11-18-17)20(3)12-15-7-9-16(10-8-15)19-14(2)21/h4-11,13H,12H2,1-3H3,(H,19,21)/t13-/m0/s1. The van der Waals surface area contributed by atoms with Crippen molar-refractivity contribution < 1.29 is 4.79 Å². The van der Waals surface area contributed by atoms with E-state index in [1.165, 1.54) is 12.5 Å². The molecule has 1 aromatic carbocycles. The summed E-state index contributed by atoms with van der Waals surface area (Å²) in [6.07, 6.45) is 1.82. The van der Waals surface area contributed by atoms with Gasteiger partial charge in [0.2, 0.25) is 5.91 Å². The molecule has 0 aliphatic carbocycles. The van der Waals surface area contributed by atoms with E-state index in [-0.39, 0.29) is 11.9 Å². The van der Waals surface area contributed by atoms with E-state index in [1.54, 1.807) is 0 Å². The molecule has 4 nitrogen and oxygen atoms in total. The van der Waals surface area contributed by atoms with Crippen molar-refractivity contribution in [2.75, 3.05) is 12.4 Å². The zero-order valence-corrected chi connectivity index (χ0v) is 12.7. The predicted octanol–water partition coefficient (Wildman–Crippen LogP) is 3.23. The Morgan fingerprint density at radius 1 is 1.24 bits per heavy atom. The van der Waals surface area contributed by atoms with Crippen molar-refractivity contribution in [2.24, 2.45) is 0 Å². The van der Waals surface area contributed by atoms with Crippen LogP contribution in [-0.2, 0) is 11.3 Å². The summed E-state index contributed by atoms with van der Waals surface area (Å²) in [5.41, 5.74) is 3.09. The van der Waals surface area contributed by atoms with Gasteiger partial charge in [0, 0.05) is 31.4 Å². The minimum Gasteiger partial charge on any atom is -0.326 e. The summed E-state index contributed by atoms with van der Waals surface area (Å²) in [4.78, 5) is 17.6.